The van der Waals surface area contributed by atoms with Gasteiger partial charge in [-0.05, 0) is 75.2 Å². The third kappa shape index (κ3) is 4.84. The van der Waals surface area contributed by atoms with Gasteiger partial charge >= 0.3 is 0 Å². The van der Waals surface area contributed by atoms with Gasteiger partial charge in [-0.15, -0.1) is 0 Å². The summed E-state index contributed by atoms with van der Waals surface area (Å²) in [5.41, 5.74) is 3.55. The SMILES string of the molecule is COc1ccc2c(c1)c(CCOS(=O)(=O)c1ccc(C)cc1)c(C)n2S(=O)(=O)c1ccc(C)cc1. The lowest BCUT2D eigenvalue weighted by Crippen LogP contribution is -2.15. The molecule has 0 radical (unpaired) electrons. The molecule has 0 unspecified atom stereocenters. The molecule has 9 heteroatoms. The number of rotatable bonds is 8. The van der Waals surface area contributed by atoms with Crippen molar-refractivity contribution in [3.8, 4) is 5.75 Å². The number of nitrogens with zero attached hydrogens (tertiary/aromatic N) is 1. The summed E-state index contributed by atoms with van der Waals surface area (Å²) in [6.07, 6.45) is 0.191. The first kappa shape index (κ1) is 25.0. The van der Waals surface area contributed by atoms with E-state index in [4.69, 9.17) is 8.92 Å². The molecule has 0 N–H and O–H groups in total. The zero-order valence-electron chi connectivity index (χ0n) is 20.0. The van der Waals surface area contributed by atoms with Crippen molar-refractivity contribution in [3.05, 3.63) is 89.1 Å². The van der Waals surface area contributed by atoms with Crippen LogP contribution in [0.25, 0.3) is 10.9 Å². The van der Waals surface area contributed by atoms with Gasteiger partial charge in [0.15, 0.2) is 0 Å². The first-order valence-electron chi connectivity index (χ1n) is 11.0. The smallest absolute Gasteiger partial charge is 0.296 e. The van der Waals surface area contributed by atoms with Gasteiger partial charge in [0.2, 0.25) is 0 Å². The highest BCUT2D eigenvalue weighted by atomic mass is 32.2. The lowest BCUT2D eigenvalue weighted by atomic mass is 10.1. The molecule has 35 heavy (non-hydrogen) atoms. The minimum Gasteiger partial charge on any atom is -0.497 e. The molecule has 7 nitrogen and oxygen atoms in total. The molecule has 0 fully saturated rings. The second-order valence-electron chi connectivity index (χ2n) is 8.37. The third-order valence-electron chi connectivity index (χ3n) is 5.95. The Morgan fingerprint density at radius 1 is 0.771 bits per heavy atom. The zero-order valence-corrected chi connectivity index (χ0v) is 21.6. The van der Waals surface area contributed by atoms with Crippen LogP contribution in [0, 0.1) is 20.8 Å². The van der Waals surface area contributed by atoms with E-state index >= 15 is 0 Å². The summed E-state index contributed by atoms with van der Waals surface area (Å²) in [7, 11) is -6.31. The highest BCUT2D eigenvalue weighted by Gasteiger charge is 2.26. The molecule has 4 aromatic rings. The molecule has 0 saturated carbocycles. The van der Waals surface area contributed by atoms with Crippen molar-refractivity contribution in [2.45, 2.75) is 37.0 Å². The van der Waals surface area contributed by atoms with Gasteiger partial charge in [-0.3, -0.25) is 4.18 Å². The molecular formula is C26H27NO6S2. The standard InChI is InChI=1S/C26H27NO6S2/c1-18-5-10-22(11-6-18)34(28,29)27-20(3)24(25-17-21(32-4)9-14-26(25)27)15-16-33-35(30,31)23-12-7-19(2)8-13-23/h5-14,17H,15-16H2,1-4H3. The molecule has 0 atom stereocenters. The summed E-state index contributed by atoms with van der Waals surface area (Å²) in [6, 6.07) is 18.2. The number of ether oxygens (including phenoxy) is 1. The van der Waals surface area contributed by atoms with Gasteiger partial charge in [0, 0.05) is 11.1 Å². The van der Waals surface area contributed by atoms with Crippen LogP contribution in [0.1, 0.15) is 22.4 Å². The summed E-state index contributed by atoms with van der Waals surface area (Å²) < 4.78 is 64.4. The molecule has 0 bridgehead atoms. The molecule has 1 aromatic heterocycles. The fourth-order valence-corrected chi connectivity index (χ4v) is 6.51. The van der Waals surface area contributed by atoms with Crippen molar-refractivity contribution in [1.82, 2.24) is 3.97 Å². The maximum atomic E-state index is 13.6. The highest BCUT2D eigenvalue weighted by molar-refractivity contribution is 7.90. The summed E-state index contributed by atoms with van der Waals surface area (Å²) in [6.45, 7) is 5.33. The van der Waals surface area contributed by atoms with Gasteiger partial charge in [0.05, 0.1) is 29.0 Å². The van der Waals surface area contributed by atoms with Crippen LogP contribution in [0.2, 0.25) is 0 Å². The first-order valence-corrected chi connectivity index (χ1v) is 13.9. The van der Waals surface area contributed by atoms with Crippen LogP contribution in [-0.2, 0) is 30.7 Å². The van der Waals surface area contributed by atoms with Crippen LogP contribution in [0.4, 0.5) is 0 Å². The third-order valence-corrected chi connectivity index (χ3v) is 9.09. The maximum Gasteiger partial charge on any atom is 0.296 e. The molecule has 0 aliphatic rings. The number of aromatic nitrogens is 1. The van der Waals surface area contributed by atoms with Gasteiger partial charge in [0.1, 0.15) is 5.75 Å². The van der Waals surface area contributed by atoms with E-state index in [0.717, 1.165) is 11.1 Å². The second kappa shape index (κ2) is 9.49. The molecule has 0 spiro atoms. The Morgan fingerprint density at radius 2 is 1.34 bits per heavy atom. The van der Waals surface area contributed by atoms with Crippen LogP contribution in [-0.4, -0.2) is 34.5 Å². The molecule has 1 heterocycles. The van der Waals surface area contributed by atoms with Crippen LogP contribution in [0.15, 0.2) is 76.5 Å². The Bertz CT molecular complexity index is 1580. The predicted molar refractivity (Wildman–Crippen MR) is 135 cm³/mol. The molecular weight excluding hydrogens is 486 g/mol. The van der Waals surface area contributed by atoms with E-state index in [9.17, 15) is 16.8 Å². The van der Waals surface area contributed by atoms with Gasteiger partial charge < -0.3 is 4.74 Å². The average molecular weight is 514 g/mol. The Balaban J connectivity index is 1.73. The minimum atomic E-state index is -3.94. The van der Waals surface area contributed by atoms with Crippen LogP contribution < -0.4 is 4.74 Å². The summed E-state index contributed by atoms with van der Waals surface area (Å²) in [5.74, 6) is 0.567. The normalized spacial score (nSPS) is 12.2. The molecule has 4 rings (SSSR count). The van der Waals surface area contributed by atoms with E-state index in [2.05, 4.69) is 0 Å². The van der Waals surface area contributed by atoms with Crippen molar-refractivity contribution < 1.29 is 25.8 Å². The van der Waals surface area contributed by atoms with Crippen molar-refractivity contribution in [2.24, 2.45) is 0 Å². The molecule has 0 amide bonds. The minimum absolute atomic E-state index is 0.0749. The summed E-state index contributed by atoms with van der Waals surface area (Å²) in [5, 5.41) is 0.661. The lowest BCUT2D eigenvalue weighted by molar-refractivity contribution is 0.322. The van der Waals surface area contributed by atoms with Crippen LogP contribution in [0.3, 0.4) is 0 Å². The first-order chi connectivity index (χ1) is 16.5. The maximum absolute atomic E-state index is 13.6. The van der Waals surface area contributed by atoms with Crippen molar-refractivity contribution in [3.63, 3.8) is 0 Å². The topological polar surface area (TPSA) is 91.7 Å². The van der Waals surface area contributed by atoms with E-state index in [1.54, 1.807) is 61.5 Å². The summed E-state index contributed by atoms with van der Waals surface area (Å²) in [4.78, 5) is 0.245. The quantitative estimate of drug-likeness (QED) is 0.316. The monoisotopic (exact) mass is 513 g/mol. The van der Waals surface area contributed by atoms with Gasteiger partial charge in [0.25, 0.3) is 20.1 Å². The molecule has 0 saturated heterocycles. The molecule has 184 valence electrons. The summed E-state index contributed by atoms with van der Waals surface area (Å²) >= 11 is 0. The Hall–Kier alpha value is -3.14. The van der Waals surface area contributed by atoms with E-state index in [0.29, 0.717) is 27.9 Å². The van der Waals surface area contributed by atoms with Crippen molar-refractivity contribution in [1.29, 1.82) is 0 Å². The number of methoxy groups -OCH3 is 1. The van der Waals surface area contributed by atoms with Crippen molar-refractivity contribution >= 4 is 31.0 Å². The largest absolute Gasteiger partial charge is 0.497 e. The van der Waals surface area contributed by atoms with Crippen LogP contribution >= 0.6 is 0 Å². The second-order valence-corrected chi connectivity index (χ2v) is 11.8. The van der Waals surface area contributed by atoms with Crippen molar-refractivity contribution in [2.75, 3.05) is 13.7 Å². The number of fused-ring (bicyclic) bond motifs is 1. The fourth-order valence-electron chi connectivity index (χ4n) is 4.03. The number of aryl methyl sites for hydroxylation is 2. The molecule has 3 aromatic carbocycles. The van der Waals surface area contributed by atoms with Gasteiger partial charge in [-0.1, -0.05) is 35.4 Å². The average Bonchev–Trinajstić information content (AvgIpc) is 3.10. The van der Waals surface area contributed by atoms with Gasteiger partial charge in [-0.2, -0.15) is 8.42 Å². The number of hydrogen-bond acceptors (Lipinski definition) is 6. The molecule has 0 aliphatic carbocycles. The van der Waals surface area contributed by atoms with E-state index in [1.807, 2.05) is 13.8 Å². The number of hydrogen-bond donors (Lipinski definition) is 0. The lowest BCUT2D eigenvalue weighted by Gasteiger charge is -2.11. The van der Waals surface area contributed by atoms with Gasteiger partial charge in [-0.25, -0.2) is 12.4 Å². The van der Waals surface area contributed by atoms with E-state index in [-0.39, 0.29) is 22.8 Å². The van der Waals surface area contributed by atoms with Crippen LogP contribution in [0.5, 0.6) is 5.75 Å². The Morgan fingerprint density at radius 3 is 1.91 bits per heavy atom. The Labute approximate surface area is 206 Å². The highest BCUT2D eigenvalue weighted by Crippen LogP contribution is 2.33. The zero-order chi connectivity index (χ0) is 25.4. The van der Waals surface area contributed by atoms with E-state index < -0.39 is 20.1 Å². The predicted octanol–water partition coefficient (Wildman–Crippen LogP) is 4.76. The fraction of sp³-hybridized carbons (Fsp3) is 0.231. The molecule has 0 aliphatic heterocycles. The van der Waals surface area contributed by atoms with E-state index in [1.165, 1.54) is 23.2 Å². The number of benzene rings is 3. The Kier molecular flexibility index (Phi) is 6.77.